The van der Waals surface area contributed by atoms with Crippen molar-refractivity contribution >= 4 is 17.8 Å². The molecule has 1 rings (SSSR count). The lowest BCUT2D eigenvalue weighted by Gasteiger charge is -2.02. The van der Waals surface area contributed by atoms with E-state index in [-0.39, 0.29) is 0 Å². The van der Waals surface area contributed by atoms with Crippen LogP contribution in [0.15, 0.2) is 4.42 Å². The summed E-state index contributed by atoms with van der Waals surface area (Å²) in [7, 11) is 3.73. The Bertz CT molecular complexity index is 250. The predicted molar refractivity (Wildman–Crippen MR) is 53.8 cm³/mol. The van der Waals surface area contributed by atoms with Gasteiger partial charge in [0.15, 0.2) is 0 Å². The maximum absolute atomic E-state index is 5.35. The van der Waals surface area contributed by atoms with Crippen LogP contribution in [0.25, 0.3) is 0 Å². The fraction of sp³-hybridized carbons (Fsp3) is 0.714. The van der Waals surface area contributed by atoms with Crippen LogP contribution in [-0.4, -0.2) is 36.6 Å². The molecular weight excluding hydrogens is 188 g/mol. The van der Waals surface area contributed by atoms with Gasteiger partial charge in [-0.1, -0.05) is 5.10 Å². The highest BCUT2D eigenvalue weighted by Gasteiger charge is 2.06. The molecule has 0 amide bonds. The fourth-order valence-electron chi connectivity index (χ4n) is 0.727. The van der Waals surface area contributed by atoms with Crippen molar-refractivity contribution < 1.29 is 4.42 Å². The summed E-state index contributed by atoms with van der Waals surface area (Å²) in [6, 6.07) is 0.545. The Labute approximate surface area is 81.7 Å². The molecular formula is C7H14N4OS. The second-order valence-electron chi connectivity index (χ2n) is 2.71. The van der Waals surface area contributed by atoms with Gasteiger partial charge in [-0.25, -0.2) is 0 Å². The van der Waals surface area contributed by atoms with Gasteiger partial charge in [-0.05, 0) is 0 Å². The number of hydrogen-bond acceptors (Lipinski definition) is 6. The molecule has 0 saturated heterocycles. The van der Waals surface area contributed by atoms with Crippen LogP contribution < -0.4 is 10.6 Å². The van der Waals surface area contributed by atoms with Crippen LogP contribution in [0.4, 0.5) is 6.01 Å². The lowest BCUT2D eigenvalue weighted by molar-refractivity contribution is 0.515. The second kappa shape index (κ2) is 5.08. The van der Waals surface area contributed by atoms with Crippen molar-refractivity contribution in [1.29, 1.82) is 0 Å². The molecule has 1 aromatic heterocycles. The predicted octanol–water partition coefficient (Wildman–Crippen LogP) is 0.328. The van der Waals surface area contributed by atoms with Crippen LogP contribution in [0, 0.1) is 0 Å². The molecule has 0 bridgehead atoms. The first-order chi connectivity index (χ1) is 6.24. The smallest absolute Gasteiger partial charge is 0.317 e. The maximum Gasteiger partial charge on any atom is 0.317 e. The molecule has 1 heterocycles. The van der Waals surface area contributed by atoms with Gasteiger partial charge in [-0.15, -0.1) is 5.10 Å². The third-order valence-electron chi connectivity index (χ3n) is 1.33. The van der Waals surface area contributed by atoms with Crippen molar-refractivity contribution in [3.63, 3.8) is 0 Å². The molecule has 6 heteroatoms. The van der Waals surface area contributed by atoms with Crippen LogP contribution in [0.3, 0.4) is 0 Å². The van der Waals surface area contributed by atoms with Gasteiger partial charge in [0.05, 0.1) is 5.75 Å². The van der Waals surface area contributed by atoms with Gasteiger partial charge >= 0.3 is 6.01 Å². The normalized spacial score (nSPS) is 10.4. The van der Waals surface area contributed by atoms with Crippen LogP contribution in [0.2, 0.25) is 0 Å². The topological polar surface area (TPSA) is 68.2 Å². The number of thioether (sulfide) groups is 1. The average molecular weight is 202 g/mol. The standard InChI is InChI=1S/C7H14N4OS/c1-11(2)7-10-9-6(12-7)5-13-4-3-8/h3-5,8H2,1-2H3. The highest BCUT2D eigenvalue weighted by molar-refractivity contribution is 7.98. The van der Waals surface area contributed by atoms with Crippen molar-refractivity contribution in [2.24, 2.45) is 5.73 Å². The Morgan fingerprint density at radius 3 is 2.77 bits per heavy atom. The van der Waals surface area contributed by atoms with Crippen molar-refractivity contribution in [2.45, 2.75) is 5.75 Å². The van der Waals surface area contributed by atoms with E-state index in [2.05, 4.69) is 10.2 Å². The second-order valence-corrected chi connectivity index (χ2v) is 3.82. The zero-order chi connectivity index (χ0) is 9.68. The minimum atomic E-state index is 0.545. The average Bonchev–Trinajstić information content (AvgIpc) is 2.53. The van der Waals surface area contributed by atoms with Gasteiger partial charge in [0.1, 0.15) is 0 Å². The van der Waals surface area contributed by atoms with Gasteiger partial charge in [-0.2, -0.15) is 11.8 Å². The first-order valence-electron chi connectivity index (χ1n) is 4.01. The van der Waals surface area contributed by atoms with Gasteiger partial charge in [-0.3, -0.25) is 0 Å². The van der Waals surface area contributed by atoms with Crippen LogP contribution >= 0.6 is 11.8 Å². The summed E-state index contributed by atoms with van der Waals surface area (Å²) < 4.78 is 5.33. The lowest BCUT2D eigenvalue weighted by Crippen LogP contribution is -2.08. The molecule has 0 aliphatic heterocycles. The zero-order valence-electron chi connectivity index (χ0n) is 7.86. The molecule has 13 heavy (non-hydrogen) atoms. The Morgan fingerprint density at radius 1 is 1.46 bits per heavy atom. The number of nitrogens with two attached hydrogens (primary N) is 1. The third kappa shape index (κ3) is 3.23. The highest BCUT2D eigenvalue weighted by atomic mass is 32.2. The Hall–Kier alpha value is -0.750. The molecule has 1 aromatic rings. The Morgan fingerprint density at radius 2 is 2.23 bits per heavy atom. The number of hydrogen-bond donors (Lipinski definition) is 1. The first kappa shape index (κ1) is 10.3. The molecule has 0 unspecified atom stereocenters. The van der Waals surface area contributed by atoms with Crippen molar-refractivity contribution in [1.82, 2.24) is 10.2 Å². The van der Waals surface area contributed by atoms with E-state index in [1.165, 1.54) is 0 Å². The summed E-state index contributed by atoms with van der Waals surface area (Å²) >= 11 is 1.69. The quantitative estimate of drug-likeness (QED) is 0.694. The van der Waals surface area contributed by atoms with E-state index < -0.39 is 0 Å². The summed E-state index contributed by atoms with van der Waals surface area (Å²) in [4.78, 5) is 1.78. The van der Waals surface area contributed by atoms with E-state index in [0.717, 1.165) is 11.5 Å². The number of aromatic nitrogens is 2. The van der Waals surface area contributed by atoms with Crippen molar-refractivity contribution in [3.05, 3.63) is 5.89 Å². The fourth-order valence-corrected chi connectivity index (χ4v) is 1.33. The molecule has 0 fully saturated rings. The summed E-state index contributed by atoms with van der Waals surface area (Å²) in [5, 5.41) is 7.75. The largest absolute Gasteiger partial charge is 0.407 e. The van der Waals surface area contributed by atoms with Crippen molar-refractivity contribution in [3.8, 4) is 0 Å². The molecule has 0 aliphatic carbocycles. The zero-order valence-corrected chi connectivity index (χ0v) is 8.67. The molecule has 0 aromatic carbocycles. The van der Waals surface area contributed by atoms with Crippen LogP contribution in [0.5, 0.6) is 0 Å². The van der Waals surface area contributed by atoms with Gasteiger partial charge < -0.3 is 15.1 Å². The minimum Gasteiger partial charge on any atom is -0.407 e. The van der Waals surface area contributed by atoms with Crippen LogP contribution in [0.1, 0.15) is 5.89 Å². The van der Waals surface area contributed by atoms with Crippen LogP contribution in [-0.2, 0) is 5.75 Å². The summed E-state index contributed by atoms with van der Waals surface area (Å²) in [6.45, 7) is 0.680. The Balaban J connectivity index is 2.40. The first-order valence-corrected chi connectivity index (χ1v) is 5.17. The minimum absolute atomic E-state index is 0.545. The van der Waals surface area contributed by atoms with E-state index >= 15 is 0 Å². The van der Waals surface area contributed by atoms with E-state index in [4.69, 9.17) is 10.2 Å². The van der Waals surface area contributed by atoms with E-state index in [0.29, 0.717) is 18.5 Å². The molecule has 0 radical (unpaired) electrons. The third-order valence-corrected chi connectivity index (χ3v) is 2.30. The van der Waals surface area contributed by atoms with E-state index in [9.17, 15) is 0 Å². The number of nitrogens with zero attached hydrogens (tertiary/aromatic N) is 3. The molecule has 5 nitrogen and oxygen atoms in total. The van der Waals surface area contributed by atoms with Gasteiger partial charge in [0, 0.05) is 26.4 Å². The summed E-state index contributed by atoms with van der Waals surface area (Å²) in [5.74, 6) is 2.31. The Kier molecular flexibility index (Phi) is 4.04. The lowest BCUT2D eigenvalue weighted by atomic mass is 10.8. The molecule has 0 spiro atoms. The van der Waals surface area contributed by atoms with Gasteiger partial charge in [0.25, 0.3) is 0 Å². The van der Waals surface area contributed by atoms with Crippen molar-refractivity contribution in [2.75, 3.05) is 31.3 Å². The highest BCUT2D eigenvalue weighted by Crippen LogP contribution is 2.13. The summed E-state index contributed by atoms with van der Waals surface area (Å²) in [6.07, 6.45) is 0. The molecule has 74 valence electrons. The van der Waals surface area contributed by atoms with E-state index in [1.54, 1.807) is 16.7 Å². The molecule has 0 atom stereocenters. The summed E-state index contributed by atoms with van der Waals surface area (Å²) in [5.41, 5.74) is 5.35. The molecule has 0 aliphatic rings. The van der Waals surface area contributed by atoms with E-state index in [1.807, 2.05) is 14.1 Å². The number of anilines is 1. The molecule has 2 N–H and O–H groups in total. The number of rotatable bonds is 5. The monoisotopic (exact) mass is 202 g/mol. The SMILES string of the molecule is CN(C)c1nnc(CSCCN)o1. The molecule has 0 saturated carbocycles. The van der Waals surface area contributed by atoms with Gasteiger partial charge in [0.2, 0.25) is 5.89 Å². The maximum atomic E-state index is 5.35.